The Morgan fingerprint density at radius 3 is 2.62 bits per heavy atom. The molecule has 2 rings (SSSR count). The molecule has 0 aliphatic rings. The van der Waals surface area contributed by atoms with Crippen molar-refractivity contribution in [2.45, 2.75) is 26.4 Å². The van der Waals surface area contributed by atoms with Gasteiger partial charge in [0.15, 0.2) is 5.12 Å². The lowest BCUT2D eigenvalue weighted by Gasteiger charge is -2.14. The summed E-state index contributed by atoms with van der Waals surface area (Å²) in [5.41, 5.74) is 0.255. The number of thioether (sulfide) groups is 1. The number of carbonyl (C=O) groups is 1. The molecular formula is C16H15Cl2F3N2O2S. The van der Waals surface area contributed by atoms with Crippen molar-refractivity contribution in [2.75, 3.05) is 5.75 Å². The van der Waals surface area contributed by atoms with Crippen molar-refractivity contribution >= 4 is 40.1 Å². The third-order valence-corrected chi connectivity index (χ3v) is 5.18. The number of hydrogen-bond acceptors (Lipinski definition) is 4. The van der Waals surface area contributed by atoms with E-state index in [0.29, 0.717) is 11.3 Å². The van der Waals surface area contributed by atoms with Gasteiger partial charge >= 0.3 is 6.61 Å². The number of carbonyl (C=O) groups excluding carboxylic acids is 1. The van der Waals surface area contributed by atoms with Gasteiger partial charge in [-0.1, -0.05) is 48.8 Å². The van der Waals surface area contributed by atoms with Crippen LogP contribution in [0.3, 0.4) is 0 Å². The maximum Gasteiger partial charge on any atom is 0.388 e. The summed E-state index contributed by atoms with van der Waals surface area (Å²) < 4.78 is 44.7. The van der Waals surface area contributed by atoms with Crippen molar-refractivity contribution < 1.29 is 22.7 Å². The third kappa shape index (κ3) is 4.29. The van der Waals surface area contributed by atoms with E-state index in [1.165, 1.54) is 13.1 Å². The predicted molar refractivity (Wildman–Crippen MR) is 96.8 cm³/mol. The molecule has 0 spiro atoms. The van der Waals surface area contributed by atoms with E-state index < -0.39 is 24.2 Å². The molecule has 1 heterocycles. The van der Waals surface area contributed by atoms with Crippen LogP contribution in [0.4, 0.5) is 13.2 Å². The Kier molecular flexibility index (Phi) is 6.87. The van der Waals surface area contributed by atoms with Gasteiger partial charge < -0.3 is 4.74 Å². The summed E-state index contributed by atoms with van der Waals surface area (Å²) >= 11 is 13.3. The average molecular weight is 427 g/mol. The molecule has 0 fully saturated rings. The normalized spacial score (nSPS) is 12.5. The highest BCUT2D eigenvalue weighted by Gasteiger charge is 2.25. The van der Waals surface area contributed by atoms with Crippen molar-refractivity contribution in [1.82, 2.24) is 9.78 Å². The Balaban J connectivity index is 2.54. The molecule has 2 aromatic rings. The molecule has 0 saturated carbocycles. The van der Waals surface area contributed by atoms with Crippen molar-refractivity contribution in [3.05, 3.63) is 33.6 Å². The van der Waals surface area contributed by atoms with Gasteiger partial charge in [0.1, 0.15) is 16.5 Å². The Morgan fingerprint density at radius 2 is 2.04 bits per heavy atom. The van der Waals surface area contributed by atoms with E-state index in [4.69, 9.17) is 23.2 Å². The lowest BCUT2D eigenvalue weighted by atomic mass is 9.98. The smallest absolute Gasteiger partial charge is 0.388 e. The molecule has 0 bridgehead atoms. The molecule has 1 aromatic heterocycles. The highest BCUT2D eigenvalue weighted by molar-refractivity contribution is 8.13. The first-order chi connectivity index (χ1) is 12.2. The molecule has 1 atom stereocenters. The fourth-order valence-corrected chi connectivity index (χ4v) is 3.62. The zero-order valence-electron chi connectivity index (χ0n) is 14.0. The second-order valence-corrected chi connectivity index (χ2v) is 7.35. The molecule has 0 radical (unpaired) electrons. The summed E-state index contributed by atoms with van der Waals surface area (Å²) in [5, 5.41) is 3.66. The van der Waals surface area contributed by atoms with E-state index in [2.05, 4.69) is 9.84 Å². The molecule has 0 aliphatic carbocycles. The first kappa shape index (κ1) is 20.9. The van der Waals surface area contributed by atoms with Crippen LogP contribution in [-0.2, 0) is 11.8 Å². The van der Waals surface area contributed by atoms with Gasteiger partial charge in [-0.25, -0.2) is 9.07 Å². The molecule has 0 saturated heterocycles. The quantitative estimate of drug-likeness (QED) is 0.609. The van der Waals surface area contributed by atoms with Gasteiger partial charge in [-0.15, -0.1) is 0 Å². The van der Waals surface area contributed by atoms with Gasteiger partial charge in [0.2, 0.25) is 5.88 Å². The lowest BCUT2D eigenvalue weighted by molar-refractivity contribution is -0.111. The third-order valence-electron chi connectivity index (χ3n) is 3.59. The van der Waals surface area contributed by atoms with E-state index in [1.807, 2.05) is 6.92 Å². The van der Waals surface area contributed by atoms with E-state index in [9.17, 15) is 18.0 Å². The molecule has 26 heavy (non-hydrogen) atoms. The van der Waals surface area contributed by atoms with Gasteiger partial charge in [-0.3, -0.25) is 4.79 Å². The van der Waals surface area contributed by atoms with Crippen LogP contribution in [0.25, 0.3) is 11.3 Å². The van der Waals surface area contributed by atoms with Crippen LogP contribution in [0.5, 0.6) is 5.88 Å². The van der Waals surface area contributed by atoms with Crippen molar-refractivity contribution in [3.8, 4) is 17.1 Å². The Morgan fingerprint density at radius 1 is 1.38 bits per heavy atom. The van der Waals surface area contributed by atoms with Crippen LogP contribution in [-0.4, -0.2) is 27.3 Å². The number of halogens is 5. The van der Waals surface area contributed by atoms with E-state index in [-0.39, 0.29) is 26.4 Å². The second kappa shape index (κ2) is 8.54. The SMILES string of the molecule is CCSC(=O)C(C)c1cc(-c2nn(C)c(OC(F)F)c2Cl)c(F)cc1Cl. The summed E-state index contributed by atoms with van der Waals surface area (Å²) in [6, 6.07) is 2.40. The summed E-state index contributed by atoms with van der Waals surface area (Å²) in [6.07, 6.45) is 0. The van der Waals surface area contributed by atoms with E-state index in [1.54, 1.807) is 6.92 Å². The molecular weight excluding hydrogens is 412 g/mol. The maximum atomic E-state index is 14.4. The van der Waals surface area contributed by atoms with Crippen LogP contribution in [0.1, 0.15) is 25.3 Å². The standard InChI is InChI=1S/C16H15Cl2F3N2O2S/c1-4-26-15(24)7(2)8-5-9(11(19)6-10(8)17)13-12(18)14(23(3)22-13)25-16(20)21/h5-7,16H,4H2,1-3H3. The zero-order valence-corrected chi connectivity index (χ0v) is 16.4. The topological polar surface area (TPSA) is 44.1 Å². The lowest BCUT2D eigenvalue weighted by Crippen LogP contribution is -2.07. The molecule has 0 aliphatic heterocycles. The maximum absolute atomic E-state index is 14.4. The van der Waals surface area contributed by atoms with Crippen molar-refractivity contribution in [1.29, 1.82) is 0 Å². The fraction of sp³-hybridized carbons (Fsp3) is 0.375. The molecule has 1 aromatic carbocycles. The minimum absolute atomic E-state index is 0.0599. The number of nitrogens with zero attached hydrogens (tertiary/aromatic N) is 2. The van der Waals surface area contributed by atoms with Crippen LogP contribution >= 0.6 is 35.0 Å². The number of benzene rings is 1. The van der Waals surface area contributed by atoms with Crippen molar-refractivity contribution in [3.63, 3.8) is 0 Å². The van der Waals surface area contributed by atoms with Crippen molar-refractivity contribution in [2.24, 2.45) is 7.05 Å². The van der Waals surface area contributed by atoms with Gasteiger partial charge in [-0.2, -0.15) is 13.9 Å². The minimum atomic E-state index is -3.11. The highest BCUT2D eigenvalue weighted by atomic mass is 35.5. The summed E-state index contributed by atoms with van der Waals surface area (Å²) in [7, 11) is 1.34. The molecule has 0 amide bonds. The fourth-order valence-electron chi connectivity index (χ4n) is 2.34. The first-order valence-corrected chi connectivity index (χ1v) is 9.24. The van der Waals surface area contributed by atoms with Crippen LogP contribution in [0.2, 0.25) is 10.0 Å². The molecule has 1 unspecified atom stereocenters. The Bertz CT molecular complexity index is 830. The molecule has 4 nitrogen and oxygen atoms in total. The number of alkyl halides is 2. The number of aromatic nitrogens is 2. The second-order valence-electron chi connectivity index (χ2n) is 5.30. The number of hydrogen-bond donors (Lipinski definition) is 0. The number of aryl methyl sites for hydroxylation is 1. The Hall–Kier alpha value is -1.38. The average Bonchev–Trinajstić information content (AvgIpc) is 2.82. The predicted octanol–water partition coefficient (Wildman–Crippen LogP) is 5.52. The summed E-state index contributed by atoms with van der Waals surface area (Å²) in [6.45, 7) is 0.384. The van der Waals surface area contributed by atoms with Gasteiger partial charge in [0.05, 0.1) is 5.92 Å². The number of ether oxygens (including phenoxy) is 1. The first-order valence-electron chi connectivity index (χ1n) is 7.50. The van der Waals surface area contributed by atoms with Crippen LogP contribution in [0, 0.1) is 5.82 Å². The Labute approximate surface area is 162 Å². The van der Waals surface area contributed by atoms with E-state index >= 15 is 0 Å². The highest BCUT2D eigenvalue weighted by Crippen LogP contribution is 2.39. The van der Waals surface area contributed by atoms with Crippen LogP contribution < -0.4 is 4.74 Å². The van der Waals surface area contributed by atoms with Crippen LogP contribution in [0.15, 0.2) is 12.1 Å². The van der Waals surface area contributed by atoms with Gasteiger partial charge in [0, 0.05) is 17.6 Å². The molecule has 142 valence electrons. The largest absolute Gasteiger partial charge is 0.416 e. The van der Waals surface area contributed by atoms with Gasteiger partial charge in [0.25, 0.3) is 0 Å². The summed E-state index contributed by atoms with van der Waals surface area (Å²) in [4.78, 5) is 12.1. The van der Waals surface area contributed by atoms with E-state index in [0.717, 1.165) is 22.5 Å². The summed E-state index contributed by atoms with van der Waals surface area (Å²) in [5.74, 6) is -1.13. The molecule has 0 N–H and O–H groups in total. The molecule has 10 heteroatoms. The zero-order chi connectivity index (χ0) is 19.6. The van der Waals surface area contributed by atoms with Gasteiger partial charge in [-0.05, 0) is 23.4 Å². The minimum Gasteiger partial charge on any atom is -0.416 e. The number of rotatable bonds is 6. The monoisotopic (exact) mass is 426 g/mol.